The van der Waals surface area contributed by atoms with Gasteiger partial charge in [0.2, 0.25) is 29.5 Å². The van der Waals surface area contributed by atoms with E-state index in [0.29, 0.717) is 18.1 Å². The molecule has 5 amide bonds. The van der Waals surface area contributed by atoms with Crippen molar-refractivity contribution in [2.45, 2.75) is 78.0 Å². The standard InChI is InChI=1S/C31H46N8O6/c1-20(2)28-29-34-22(4)37-39(29)19-26(41)32-14-16-38(27(42)13-17-45-5)15-9-12-25(40)33-21(3)30(43)35-24(31(44)36-28)18-23-10-7-6-8-11-23/h6-8,10-11,20-21,24,28H,9,12-19H2,1-5H3,(H,32,41)(H,33,40)(H,35,43)(H,36,44)/t21-,24+,28-/m0/s1. The third-order valence-corrected chi connectivity index (χ3v) is 7.44. The number of hydrogen-bond donors (Lipinski definition) is 4. The first-order valence-electron chi connectivity index (χ1n) is 15.4. The van der Waals surface area contributed by atoms with Gasteiger partial charge in [-0.25, -0.2) is 9.67 Å². The molecule has 0 saturated carbocycles. The van der Waals surface area contributed by atoms with Gasteiger partial charge in [0.25, 0.3) is 0 Å². The monoisotopic (exact) mass is 626 g/mol. The van der Waals surface area contributed by atoms with Crippen LogP contribution in [0.25, 0.3) is 0 Å². The molecule has 2 aromatic rings. The molecule has 3 rings (SSSR count). The number of hydrogen-bond acceptors (Lipinski definition) is 8. The molecule has 2 heterocycles. The van der Waals surface area contributed by atoms with Crippen LogP contribution in [0.4, 0.5) is 0 Å². The van der Waals surface area contributed by atoms with Crippen molar-refractivity contribution in [3.05, 3.63) is 47.5 Å². The molecule has 14 heteroatoms. The number of fused-ring (bicyclic) bond motifs is 1. The molecule has 1 aliphatic heterocycles. The number of nitrogens with one attached hydrogen (secondary N) is 4. The minimum atomic E-state index is -0.960. The highest BCUT2D eigenvalue weighted by Crippen LogP contribution is 2.21. The molecule has 1 aliphatic rings. The number of aromatic nitrogens is 3. The van der Waals surface area contributed by atoms with Gasteiger partial charge in [0.15, 0.2) is 5.82 Å². The van der Waals surface area contributed by atoms with Crippen LogP contribution in [-0.4, -0.2) is 94.6 Å². The van der Waals surface area contributed by atoms with Crippen LogP contribution < -0.4 is 21.3 Å². The summed E-state index contributed by atoms with van der Waals surface area (Å²) in [5, 5.41) is 15.8. The summed E-state index contributed by atoms with van der Waals surface area (Å²) in [6.07, 6.45) is 0.813. The normalized spacial score (nSPS) is 21.3. The zero-order valence-electron chi connectivity index (χ0n) is 26.8. The third-order valence-electron chi connectivity index (χ3n) is 7.44. The molecule has 0 saturated heterocycles. The van der Waals surface area contributed by atoms with Crippen LogP contribution in [0.2, 0.25) is 0 Å². The predicted octanol–water partition coefficient (Wildman–Crippen LogP) is 0.407. The van der Waals surface area contributed by atoms with Crippen molar-refractivity contribution >= 4 is 29.5 Å². The maximum atomic E-state index is 13.8. The lowest BCUT2D eigenvalue weighted by Crippen LogP contribution is -2.54. The van der Waals surface area contributed by atoms with Gasteiger partial charge in [-0.1, -0.05) is 44.2 Å². The largest absolute Gasteiger partial charge is 0.384 e. The smallest absolute Gasteiger partial charge is 0.243 e. The summed E-state index contributed by atoms with van der Waals surface area (Å²) in [5.74, 6) is -1.10. The lowest BCUT2D eigenvalue weighted by molar-refractivity contribution is -0.133. The fraction of sp³-hybridized carbons (Fsp3) is 0.581. The molecule has 0 unspecified atom stereocenters. The van der Waals surface area contributed by atoms with Crippen molar-refractivity contribution in [1.82, 2.24) is 40.9 Å². The number of carbonyl (C=O) groups excluding carboxylic acids is 5. The Hall–Kier alpha value is -4.33. The summed E-state index contributed by atoms with van der Waals surface area (Å²) < 4.78 is 6.51. The number of ether oxygens (including phenoxy) is 1. The minimum absolute atomic E-state index is 0.0798. The molecular formula is C31H46N8O6. The van der Waals surface area contributed by atoms with E-state index < -0.39 is 29.9 Å². The van der Waals surface area contributed by atoms with E-state index in [1.54, 1.807) is 18.7 Å². The maximum absolute atomic E-state index is 13.8. The summed E-state index contributed by atoms with van der Waals surface area (Å²) in [6.45, 7) is 7.91. The fourth-order valence-corrected chi connectivity index (χ4v) is 5.00. The summed E-state index contributed by atoms with van der Waals surface area (Å²) in [4.78, 5) is 71.6. The van der Waals surface area contributed by atoms with Gasteiger partial charge in [-0.2, -0.15) is 5.10 Å². The number of aryl methyl sites for hydroxylation is 1. The van der Waals surface area contributed by atoms with Crippen LogP contribution in [-0.2, 0) is 41.7 Å². The van der Waals surface area contributed by atoms with E-state index in [1.807, 2.05) is 44.2 Å². The van der Waals surface area contributed by atoms with E-state index in [9.17, 15) is 24.0 Å². The number of rotatable bonds is 6. The van der Waals surface area contributed by atoms with Crippen LogP contribution >= 0.6 is 0 Å². The van der Waals surface area contributed by atoms with Crippen molar-refractivity contribution in [2.24, 2.45) is 5.92 Å². The number of methoxy groups -OCH3 is 1. The van der Waals surface area contributed by atoms with Gasteiger partial charge in [-0.3, -0.25) is 24.0 Å². The molecule has 1 aromatic heterocycles. The maximum Gasteiger partial charge on any atom is 0.243 e. The molecule has 0 aliphatic carbocycles. The highest BCUT2D eigenvalue weighted by atomic mass is 16.5. The van der Waals surface area contributed by atoms with E-state index >= 15 is 0 Å². The molecule has 3 atom stereocenters. The van der Waals surface area contributed by atoms with E-state index in [2.05, 4.69) is 31.3 Å². The topological polar surface area (TPSA) is 177 Å². The van der Waals surface area contributed by atoms with Gasteiger partial charge in [0.1, 0.15) is 24.5 Å². The molecule has 0 spiro atoms. The first-order valence-corrected chi connectivity index (χ1v) is 15.4. The highest BCUT2D eigenvalue weighted by Gasteiger charge is 2.31. The molecular weight excluding hydrogens is 580 g/mol. The average molecular weight is 627 g/mol. The van der Waals surface area contributed by atoms with Crippen LogP contribution in [0, 0.1) is 12.8 Å². The van der Waals surface area contributed by atoms with Crippen molar-refractivity contribution in [1.29, 1.82) is 0 Å². The zero-order chi connectivity index (χ0) is 32.9. The van der Waals surface area contributed by atoms with E-state index in [-0.39, 0.29) is 75.7 Å². The molecule has 14 nitrogen and oxygen atoms in total. The van der Waals surface area contributed by atoms with Gasteiger partial charge in [-0.05, 0) is 31.7 Å². The molecule has 4 N–H and O–H groups in total. The lowest BCUT2D eigenvalue weighted by atomic mass is 10.0. The summed E-state index contributed by atoms with van der Waals surface area (Å²) >= 11 is 0. The van der Waals surface area contributed by atoms with Crippen LogP contribution in [0.15, 0.2) is 30.3 Å². The first kappa shape index (κ1) is 35.2. The quantitative estimate of drug-likeness (QED) is 0.356. The lowest BCUT2D eigenvalue weighted by Gasteiger charge is -2.27. The Morgan fingerprint density at radius 3 is 2.44 bits per heavy atom. The Morgan fingerprint density at radius 1 is 1.02 bits per heavy atom. The number of carbonyl (C=O) groups is 5. The SMILES string of the molecule is COCCC(=O)N1CCCC(=O)N[C@@H](C)C(=O)N[C@H](Cc2ccccc2)C(=O)N[C@@H](C(C)C)c2nc(C)nn2CC(=O)NCC1. The summed E-state index contributed by atoms with van der Waals surface area (Å²) in [7, 11) is 1.51. The molecule has 246 valence electrons. The van der Waals surface area contributed by atoms with Crippen molar-refractivity contribution in [3.63, 3.8) is 0 Å². The molecule has 0 fully saturated rings. The Bertz CT molecular complexity index is 1310. The Morgan fingerprint density at radius 2 is 1.76 bits per heavy atom. The van der Waals surface area contributed by atoms with Gasteiger partial charge < -0.3 is 30.9 Å². The number of benzene rings is 1. The van der Waals surface area contributed by atoms with Crippen LogP contribution in [0.5, 0.6) is 0 Å². The van der Waals surface area contributed by atoms with Gasteiger partial charge in [0.05, 0.1) is 19.1 Å². The Labute approximate surface area is 264 Å². The van der Waals surface area contributed by atoms with Gasteiger partial charge >= 0.3 is 0 Å². The highest BCUT2D eigenvalue weighted by molar-refractivity contribution is 5.92. The predicted molar refractivity (Wildman–Crippen MR) is 165 cm³/mol. The van der Waals surface area contributed by atoms with Crippen LogP contribution in [0.1, 0.15) is 63.3 Å². The Kier molecular flexibility index (Phi) is 13.5. The molecule has 0 bridgehead atoms. The molecule has 45 heavy (non-hydrogen) atoms. The molecule has 0 radical (unpaired) electrons. The van der Waals surface area contributed by atoms with Crippen molar-refractivity contribution in [2.75, 3.05) is 33.4 Å². The first-order chi connectivity index (χ1) is 21.5. The Balaban J connectivity index is 1.91. The second-order valence-corrected chi connectivity index (χ2v) is 11.5. The van der Waals surface area contributed by atoms with E-state index in [0.717, 1.165) is 5.56 Å². The molecule has 1 aromatic carbocycles. The summed E-state index contributed by atoms with van der Waals surface area (Å²) in [6, 6.07) is 6.80. The minimum Gasteiger partial charge on any atom is -0.384 e. The van der Waals surface area contributed by atoms with E-state index in [4.69, 9.17) is 4.74 Å². The third kappa shape index (κ3) is 11.0. The zero-order valence-corrected chi connectivity index (χ0v) is 26.8. The number of nitrogens with zero attached hydrogens (tertiary/aromatic N) is 4. The van der Waals surface area contributed by atoms with Crippen LogP contribution in [0.3, 0.4) is 0 Å². The second-order valence-electron chi connectivity index (χ2n) is 11.5. The van der Waals surface area contributed by atoms with Crippen molar-refractivity contribution in [3.8, 4) is 0 Å². The fourth-order valence-electron chi connectivity index (χ4n) is 5.00. The van der Waals surface area contributed by atoms with Gasteiger partial charge in [0, 0.05) is 39.6 Å². The average Bonchev–Trinajstić information content (AvgIpc) is 3.35. The van der Waals surface area contributed by atoms with E-state index in [1.165, 1.54) is 11.8 Å². The number of amides is 5. The van der Waals surface area contributed by atoms with Crippen molar-refractivity contribution < 1.29 is 28.7 Å². The second kappa shape index (κ2) is 17.2. The van der Waals surface area contributed by atoms with Gasteiger partial charge in [-0.15, -0.1) is 0 Å². The summed E-state index contributed by atoms with van der Waals surface area (Å²) in [5.41, 5.74) is 0.838.